The molecule has 2 N–H and O–H groups in total. The van der Waals surface area contributed by atoms with E-state index in [9.17, 15) is 18.0 Å². The quantitative estimate of drug-likeness (QED) is 0.583. The minimum absolute atomic E-state index is 0.159. The van der Waals surface area contributed by atoms with Gasteiger partial charge in [-0.05, 0) is 51.6 Å². The summed E-state index contributed by atoms with van der Waals surface area (Å²) in [6.07, 6.45) is 0.755. The van der Waals surface area contributed by atoms with E-state index in [2.05, 4.69) is 15.6 Å². The summed E-state index contributed by atoms with van der Waals surface area (Å²) in [4.78, 5) is 27.1. The molecule has 2 amide bonds. The molecule has 0 spiro atoms. The molecule has 2 fully saturated rings. The van der Waals surface area contributed by atoms with Gasteiger partial charge in [-0.1, -0.05) is 6.07 Å². The van der Waals surface area contributed by atoms with Crippen LogP contribution in [0.3, 0.4) is 0 Å². The summed E-state index contributed by atoms with van der Waals surface area (Å²) in [6, 6.07) is 4.46. The van der Waals surface area contributed by atoms with Crippen LogP contribution in [0.5, 0.6) is 0 Å². The first-order chi connectivity index (χ1) is 15.0. The number of aryl methyl sites for hydroxylation is 1. The maximum absolute atomic E-state index is 13.3. The van der Waals surface area contributed by atoms with Crippen molar-refractivity contribution in [2.45, 2.75) is 42.0 Å². The third kappa shape index (κ3) is 5.55. The van der Waals surface area contributed by atoms with E-state index in [0.29, 0.717) is 30.9 Å². The van der Waals surface area contributed by atoms with Crippen LogP contribution in [0.15, 0.2) is 23.1 Å². The van der Waals surface area contributed by atoms with Crippen molar-refractivity contribution in [2.24, 2.45) is 0 Å². The standard InChI is InChI=1S/C20H29Cl2N5O4S/c1-13-5-6-15(11-16(13)32(30,31)26-8-4-7-25(3)9-10-26)23-17(28)12-27-20(29)19(22)18(21)14(2)24-27/h5-6,11,14,18-19,24H,4,7-10,12H2,1-3H3,(H,23,28). The Balaban J connectivity index is 1.73. The summed E-state index contributed by atoms with van der Waals surface area (Å²) >= 11 is 12.2. The fourth-order valence-corrected chi connectivity index (χ4v) is 5.97. The second-order valence-corrected chi connectivity index (χ2v) is 11.2. The van der Waals surface area contributed by atoms with E-state index >= 15 is 0 Å². The van der Waals surface area contributed by atoms with Crippen molar-refractivity contribution in [3.63, 3.8) is 0 Å². The fraction of sp³-hybridized carbons (Fsp3) is 0.600. The smallest absolute Gasteiger partial charge is 0.256 e. The van der Waals surface area contributed by atoms with Crippen LogP contribution in [0, 0.1) is 6.92 Å². The summed E-state index contributed by atoms with van der Waals surface area (Å²) in [5, 5.41) is 2.28. The molecule has 12 heteroatoms. The third-order valence-corrected chi connectivity index (χ3v) is 8.95. The molecule has 0 aliphatic carbocycles. The van der Waals surface area contributed by atoms with E-state index in [4.69, 9.17) is 23.2 Å². The number of hydrazine groups is 1. The van der Waals surface area contributed by atoms with Crippen molar-refractivity contribution in [1.82, 2.24) is 19.6 Å². The Kier molecular flexibility index (Phi) is 8.06. The molecule has 32 heavy (non-hydrogen) atoms. The van der Waals surface area contributed by atoms with Gasteiger partial charge in [0.2, 0.25) is 15.9 Å². The average Bonchev–Trinajstić information content (AvgIpc) is 2.96. The number of halogens is 2. The lowest BCUT2D eigenvalue weighted by Crippen LogP contribution is -2.62. The van der Waals surface area contributed by atoms with Crippen LogP contribution >= 0.6 is 23.2 Å². The highest BCUT2D eigenvalue weighted by atomic mass is 35.5. The molecule has 9 nitrogen and oxygen atoms in total. The highest BCUT2D eigenvalue weighted by Crippen LogP contribution is 2.25. The van der Waals surface area contributed by atoms with E-state index < -0.39 is 32.6 Å². The SMILES string of the molecule is Cc1ccc(NC(=O)CN2NC(C)C(Cl)C(Cl)C2=O)cc1S(=O)(=O)N1CCCN(C)CC1. The lowest BCUT2D eigenvalue weighted by Gasteiger charge is -2.37. The number of carbonyl (C=O) groups is 2. The normalized spacial score (nSPS) is 26.1. The Morgan fingerprint density at radius 3 is 2.66 bits per heavy atom. The Hall–Kier alpha value is -1.43. The molecule has 3 atom stereocenters. The van der Waals surface area contributed by atoms with Crippen LogP contribution in [0.1, 0.15) is 18.9 Å². The maximum atomic E-state index is 13.3. The first-order valence-corrected chi connectivity index (χ1v) is 12.8. The molecule has 3 unspecified atom stereocenters. The molecule has 0 radical (unpaired) electrons. The minimum atomic E-state index is -3.71. The number of hydrogen-bond acceptors (Lipinski definition) is 6. The molecule has 3 rings (SSSR count). The van der Waals surface area contributed by atoms with Gasteiger partial charge in [0.15, 0.2) is 0 Å². The summed E-state index contributed by atoms with van der Waals surface area (Å²) < 4.78 is 28.0. The zero-order valence-corrected chi connectivity index (χ0v) is 20.7. The number of nitrogens with zero attached hydrogens (tertiary/aromatic N) is 3. The summed E-state index contributed by atoms with van der Waals surface area (Å²) in [5.74, 6) is -0.975. The molecule has 2 aliphatic rings. The number of anilines is 1. The molecule has 178 valence electrons. The second-order valence-electron chi connectivity index (χ2n) is 8.28. The molecule has 1 aromatic rings. The summed E-state index contributed by atoms with van der Waals surface area (Å²) in [7, 11) is -1.74. The topological polar surface area (TPSA) is 102 Å². The van der Waals surface area contributed by atoms with Crippen molar-refractivity contribution < 1.29 is 18.0 Å². The number of amides is 2. The van der Waals surface area contributed by atoms with Crippen LogP contribution in [0.2, 0.25) is 0 Å². The predicted octanol–water partition coefficient (Wildman–Crippen LogP) is 1.21. The van der Waals surface area contributed by atoms with Gasteiger partial charge in [-0.2, -0.15) is 4.31 Å². The van der Waals surface area contributed by atoms with E-state index in [-0.39, 0.29) is 17.5 Å². The number of rotatable bonds is 5. The zero-order chi connectivity index (χ0) is 23.6. The zero-order valence-electron chi connectivity index (χ0n) is 18.3. The lowest BCUT2D eigenvalue weighted by molar-refractivity contribution is -0.141. The Labute approximate surface area is 199 Å². The Bertz CT molecular complexity index is 977. The number of sulfonamides is 1. The van der Waals surface area contributed by atoms with E-state index in [1.54, 1.807) is 26.0 Å². The van der Waals surface area contributed by atoms with Crippen LogP contribution in [-0.2, 0) is 19.6 Å². The van der Waals surface area contributed by atoms with Crippen molar-refractivity contribution in [2.75, 3.05) is 45.1 Å². The second kappa shape index (κ2) is 10.2. The Morgan fingerprint density at radius 2 is 1.94 bits per heavy atom. The van der Waals surface area contributed by atoms with Crippen LogP contribution in [0.4, 0.5) is 5.69 Å². The molecule has 0 aromatic heterocycles. The highest BCUT2D eigenvalue weighted by molar-refractivity contribution is 7.89. The summed E-state index contributed by atoms with van der Waals surface area (Å²) in [5.41, 5.74) is 3.79. The Morgan fingerprint density at radius 1 is 1.22 bits per heavy atom. The number of hydrogen-bond donors (Lipinski definition) is 2. The van der Waals surface area contributed by atoms with Gasteiger partial charge in [0.05, 0.1) is 10.3 Å². The van der Waals surface area contributed by atoms with Crippen LogP contribution in [0.25, 0.3) is 0 Å². The van der Waals surface area contributed by atoms with E-state index in [1.165, 1.54) is 10.4 Å². The van der Waals surface area contributed by atoms with Gasteiger partial charge in [0.25, 0.3) is 5.91 Å². The third-order valence-electron chi connectivity index (χ3n) is 5.69. The summed E-state index contributed by atoms with van der Waals surface area (Å²) in [6.45, 7) is 5.57. The first-order valence-electron chi connectivity index (χ1n) is 10.5. The van der Waals surface area contributed by atoms with Crippen molar-refractivity contribution in [3.8, 4) is 0 Å². The molecule has 0 bridgehead atoms. The minimum Gasteiger partial charge on any atom is -0.324 e. The number of alkyl halides is 2. The van der Waals surface area contributed by atoms with Gasteiger partial charge in [0, 0.05) is 31.4 Å². The lowest BCUT2D eigenvalue weighted by atomic mass is 10.1. The van der Waals surface area contributed by atoms with E-state index in [0.717, 1.165) is 18.0 Å². The average molecular weight is 506 g/mol. The number of nitrogens with one attached hydrogen (secondary N) is 2. The van der Waals surface area contributed by atoms with Crippen molar-refractivity contribution in [1.29, 1.82) is 0 Å². The van der Waals surface area contributed by atoms with Gasteiger partial charge in [-0.3, -0.25) is 14.6 Å². The van der Waals surface area contributed by atoms with Gasteiger partial charge in [-0.25, -0.2) is 13.8 Å². The first kappa shape index (κ1) is 25.2. The molecule has 2 heterocycles. The molecule has 0 saturated carbocycles. The number of benzene rings is 1. The fourth-order valence-electron chi connectivity index (χ4n) is 3.74. The molecular weight excluding hydrogens is 477 g/mol. The predicted molar refractivity (Wildman–Crippen MR) is 124 cm³/mol. The molecular formula is C20H29Cl2N5O4S. The number of carbonyl (C=O) groups excluding carboxylic acids is 2. The van der Waals surface area contributed by atoms with Crippen LogP contribution in [-0.4, -0.2) is 91.0 Å². The van der Waals surface area contributed by atoms with Gasteiger partial charge < -0.3 is 10.2 Å². The number of likely N-dealkylation sites (N-methyl/N-ethyl adjacent to an activating group) is 1. The van der Waals surface area contributed by atoms with E-state index in [1.807, 2.05) is 7.05 Å². The van der Waals surface area contributed by atoms with Crippen molar-refractivity contribution in [3.05, 3.63) is 23.8 Å². The molecule has 2 aliphatic heterocycles. The molecule has 1 aromatic carbocycles. The van der Waals surface area contributed by atoms with Gasteiger partial charge in [0.1, 0.15) is 11.9 Å². The van der Waals surface area contributed by atoms with Crippen molar-refractivity contribution >= 4 is 50.7 Å². The maximum Gasteiger partial charge on any atom is 0.256 e. The van der Waals surface area contributed by atoms with Crippen LogP contribution < -0.4 is 10.7 Å². The monoisotopic (exact) mass is 505 g/mol. The molecule has 2 saturated heterocycles. The highest BCUT2D eigenvalue weighted by Gasteiger charge is 2.39. The largest absolute Gasteiger partial charge is 0.324 e. The van der Waals surface area contributed by atoms with Gasteiger partial charge in [-0.15, -0.1) is 23.2 Å². The van der Waals surface area contributed by atoms with Gasteiger partial charge >= 0.3 is 0 Å².